The Morgan fingerprint density at radius 3 is 2.44 bits per heavy atom. The summed E-state index contributed by atoms with van der Waals surface area (Å²) in [4.78, 5) is 2.72. The van der Waals surface area contributed by atoms with Gasteiger partial charge in [0.15, 0.2) is 0 Å². The van der Waals surface area contributed by atoms with Gasteiger partial charge in [-0.2, -0.15) is 0 Å². The molecule has 0 radical (unpaired) electrons. The van der Waals surface area contributed by atoms with Gasteiger partial charge in [-0.25, -0.2) is 0 Å². The predicted molar refractivity (Wildman–Crippen MR) is 71.9 cm³/mol. The van der Waals surface area contributed by atoms with Crippen LogP contribution in [0.5, 0.6) is 0 Å². The topological polar surface area (TPSA) is 15.3 Å². The molecule has 0 heterocycles. The summed E-state index contributed by atoms with van der Waals surface area (Å²) in [5.74, 6) is 0. The second kappa shape index (κ2) is 8.08. The number of rotatable bonds is 10. The quantitative estimate of drug-likeness (QED) is 0.616. The number of hydrogen-bond donors (Lipinski definition) is 1. The SMILES string of the molecule is CCCCN(CC(CC)NCCC)C1CC1. The molecule has 1 N–H and O–H groups in total. The Morgan fingerprint density at radius 2 is 1.94 bits per heavy atom. The first-order valence-corrected chi connectivity index (χ1v) is 7.29. The van der Waals surface area contributed by atoms with Gasteiger partial charge in [0.05, 0.1) is 0 Å². The molecule has 1 saturated carbocycles. The van der Waals surface area contributed by atoms with Crippen LogP contribution in [0, 0.1) is 0 Å². The number of nitrogens with zero attached hydrogens (tertiary/aromatic N) is 1. The summed E-state index contributed by atoms with van der Waals surface area (Å²) in [5.41, 5.74) is 0. The van der Waals surface area contributed by atoms with Crippen molar-refractivity contribution in [1.82, 2.24) is 10.2 Å². The minimum Gasteiger partial charge on any atom is -0.313 e. The second-order valence-corrected chi connectivity index (χ2v) is 5.14. The summed E-state index contributed by atoms with van der Waals surface area (Å²) < 4.78 is 0. The lowest BCUT2D eigenvalue weighted by atomic mass is 10.2. The summed E-state index contributed by atoms with van der Waals surface area (Å²) in [6.07, 6.45) is 8.06. The Bertz CT molecular complexity index is 166. The molecule has 0 aromatic rings. The molecule has 0 bridgehead atoms. The third-order valence-corrected chi connectivity index (χ3v) is 3.49. The van der Waals surface area contributed by atoms with E-state index in [1.165, 1.54) is 58.2 Å². The lowest BCUT2D eigenvalue weighted by Gasteiger charge is -2.27. The lowest BCUT2D eigenvalue weighted by molar-refractivity contribution is 0.226. The van der Waals surface area contributed by atoms with E-state index in [0.717, 1.165) is 6.04 Å². The second-order valence-electron chi connectivity index (χ2n) is 5.14. The molecule has 0 saturated heterocycles. The van der Waals surface area contributed by atoms with Gasteiger partial charge in [0.2, 0.25) is 0 Å². The summed E-state index contributed by atoms with van der Waals surface area (Å²) in [7, 11) is 0. The molecule has 0 aromatic heterocycles. The Morgan fingerprint density at radius 1 is 1.19 bits per heavy atom. The van der Waals surface area contributed by atoms with Gasteiger partial charge < -0.3 is 5.32 Å². The van der Waals surface area contributed by atoms with E-state index in [-0.39, 0.29) is 0 Å². The first-order chi connectivity index (χ1) is 7.81. The molecular formula is C14H30N2. The zero-order valence-corrected chi connectivity index (χ0v) is 11.5. The average molecular weight is 226 g/mol. The zero-order chi connectivity index (χ0) is 11.8. The van der Waals surface area contributed by atoms with E-state index in [1.54, 1.807) is 0 Å². The zero-order valence-electron chi connectivity index (χ0n) is 11.5. The number of hydrogen-bond acceptors (Lipinski definition) is 2. The van der Waals surface area contributed by atoms with Crippen LogP contribution >= 0.6 is 0 Å². The lowest BCUT2D eigenvalue weighted by Crippen LogP contribution is -2.42. The molecule has 2 heteroatoms. The molecular weight excluding hydrogens is 196 g/mol. The molecule has 0 spiro atoms. The van der Waals surface area contributed by atoms with E-state index in [4.69, 9.17) is 0 Å². The molecule has 16 heavy (non-hydrogen) atoms. The summed E-state index contributed by atoms with van der Waals surface area (Å²) >= 11 is 0. The van der Waals surface area contributed by atoms with Gasteiger partial charge >= 0.3 is 0 Å². The van der Waals surface area contributed by atoms with Gasteiger partial charge in [-0.1, -0.05) is 27.2 Å². The minimum absolute atomic E-state index is 0.706. The fraction of sp³-hybridized carbons (Fsp3) is 1.00. The van der Waals surface area contributed by atoms with Crippen LogP contribution in [0.3, 0.4) is 0 Å². The molecule has 1 rings (SSSR count). The van der Waals surface area contributed by atoms with Crippen molar-refractivity contribution in [2.24, 2.45) is 0 Å². The average Bonchev–Trinajstić information content (AvgIpc) is 3.12. The van der Waals surface area contributed by atoms with Crippen LogP contribution < -0.4 is 5.32 Å². The smallest absolute Gasteiger partial charge is 0.0192 e. The maximum atomic E-state index is 3.67. The van der Waals surface area contributed by atoms with E-state index >= 15 is 0 Å². The Labute approximate surface area is 102 Å². The van der Waals surface area contributed by atoms with Gasteiger partial charge in [-0.15, -0.1) is 0 Å². The number of unbranched alkanes of at least 4 members (excludes halogenated alkanes) is 1. The van der Waals surface area contributed by atoms with Crippen molar-refractivity contribution in [1.29, 1.82) is 0 Å². The van der Waals surface area contributed by atoms with Crippen molar-refractivity contribution >= 4 is 0 Å². The molecule has 1 unspecified atom stereocenters. The fourth-order valence-electron chi connectivity index (χ4n) is 2.19. The normalized spacial score (nSPS) is 18.0. The summed E-state index contributed by atoms with van der Waals surface area (Å²) in [5, 5.41) is 3.67. The van der Waals surface area contributed by atoms with Crippen LogP contribution in [0.15, 0.2) is 0 Å². The van der Waals surface area contributed by atoms with E-state index in [9.17, 15) is 0 Å². The fourth-order valence-corrected chi connectivity index (χ4v) is 2.19. The Balaban J connectivity index is 2.26. The molecule has 96 valence electrons. The van der Waals surface area contributed by atoms with Crippen molar-refractivity contribution in [3.05, 3.63) is 0 Å². The highest BCUT2D eigenvalue weighted by Gasteiger charge is 2.29. The first kappa shape index (κ1) is 14.0. The molecule has 1 aliphatic carbocycles. The van der Waals surface area contributed by atoms with Crippen LogP contribution in [0.1, 0.15) is 59.3 Å². The van der Waals surface area contributed by atoms with E-state index in [0.29, 0.717) is 6.04 Å². The number of nitrogens with one attached hydrogen (secondary N) is 1. The van der Waals surface area contributed by atoms with Crippen molar-refractivity contribution in [2.75, 3.05) is 19.6 Å². The summed E-state index contributed by atoms with van der Waals surface area (Å²) in [6, 6.07) is 1.63. The molecule has 0 amide bonds. The van der Waals surface area contributed by atoms with E-state index in [2.05, 4.69) is 31.0 Å². The van der Waals surface area contributed by atoms with Crippen LogP contribution in [-0.4, -0.2) is 36.6 Å². The van der Waals surface area contributed by atoms with Gasteiger partial charge in [0, 0.05) is 18.6 Å². The Kier molecular flexibility index (Phi) is 7.06. The van der Waals surface area contributed by atoms with Gasteiger partial charge in [0.1, 0.15) is 0 Å². The van der Waals surface area contributed by atoms with E-state index in [1.807, 2.05) is 0 Å². The molecule has 1 fully saturated rings. The van der Waals surface area contributed by atoms with Crippen LogP contribution in [0.2, 0.25) is 0 Å². The Hall–Kier alpha value is -0.0800. The van der Waals surface area contributed by atoms with Crippen molar-refractivity contribution in [3.8, 4) is 0 Å². The van der Waals surface area contributed by atoms with Crippen LogP contribution in [0.25, 0.3) is 0 Å². The molecule has 0 aliphatic heterocycles. The molecule has 1 aliphatic rings. The van der Waals surface area contributed by atoms with Crippen molar-refractivity contribution < 1.29 is 0 Å². The monoisotopic (exact) mass is 226 g/mol. The highest BCUT2D eigenvalue weighted by molar-refractivity contribution is 4.86. The molecule has 2 nitrogen and oxygen atoms in total. The maximum absolute atomic E-state index is 3.67. The third-order valence-electron chi connectivity index (χ3n) is 3.49. The van der Waals surface area contributed by atoms with Crippen LogP contribution in [-0.2, 0) is 0 Å². The highest BCUT2D eigenvalue weighted by Crippen LogP contribution is 2.27. The summed E-state index contributed by atoms with van der Waals surface area (Å²) in [6.45, 7) is 10.6. The maximum Gasteiger partial charge on any atom is 0.0192 e. The van der Waals surface area contributed by atoms with Crippen LogP contribution in [0.4, 0.5) is 0 Å². The highest BCUT2D eigenvalue weighted by atomic mass is 15.2. The molecule has 0 aromatic carbocycles. The van der Waals surface area contributed by atoms with Gasteiger partial charge in [0.25, 0.3) is 0 Å². The predicted octanol–water partition coefficient (Wildman–Crippen LogP) is 3.03. The largest absolute Gasteiger partial charge is 0.313 e. The van der Waals surface area contributed by atoms with Crippen molar-refractivity contribution in [2.45, 2.75) is 71.4 Å². The third kappa shape index (κ3) is 5.31. The first-order valence-electron chi connectivity index (χ1n) is 7.29. The van der Waals surface area contributed by atoms with E-state index < -0.39 is 0 Å². The van der Waals surface area contributed by atoms with Gasteiger partial charge in [-0.05, 0) is 45.2 Å². The standard InChI is InChI=1S/C14H30N2/c1-4-7-11-16(14-8-9-14)12-13(6-3)15-10-5-2/h13-15H,4-12H2,1-3H3. The molecule has 1 atom stereocenters. The van der Waals surface area contributed by atoms with Gasteiger partial charge in [-0.3, -0.25) is 4.90 Å². The van der Waals surface area contributed by atoms with Crippen molar-refractivity contribution in [3.63, 3.8) is 0 Å². The minimum atomic E-state index is 0.706.